The van der Waals surface area contributed by atoms with Crippen molar-refractivity contribution in [1.82, 2.24) is 9.88 Å². The van der Waals surface area contributed by atoms with E-state index in [0.29, 0.717) is 0 Å². The molecule has 0 N–H and O–H groups in total. The van der Waals surface area contributed by atoms with Crippen molar-refractivity contribution in [1.29, 1.82) is 0 Å². The first-order valence-electron chi connectivity index (χ1n) is 13.0. The van der Waals surface area contributed by atoms with Crippen LogP contribution >= 0.6 is 0 Å². The molecule has 1 fully saturated rings. The van der Waals surface area contributed by atoms with E-state index in [1.54, 1.807) is 19.9 Å². The minimum absolute atomic E-state index is 0.0227. The maximum absolute atomic E-state index is 14.3. The number of rotatable bonds is 11. The second-order valence-corrected chi connectivity index (χ2v) is 9.59. The maximum Gasteiger partial charge on any atom is 0.328 e. The topological polar surface area (TPSA) is 104 Å². The van der Waals surface area contributed by atoms with Crippen LogP contribution in [0.1, 0.15) is 56.6 Å². The van der Waals surface area contributed by atoms with E-state index in [2.05, 4.69) is 29.2 Å². The number of ether oxygens (including phenoxy) is 4. The molecule has 1 amide bonds. The number of fused-ring (bicyclic) bond motifs is 1. The Morgan fingerprint density at radius 3 is 2.41 bits per heavy atom. The number of benzene rings is 2. The predicted molar refractivity (Wildman–Crippen MR) is 145 cm³/mol. The molecule has 0 aliphatic heterocycles. The third-order valence-electron chi connectivity index (χ3n) is 7.37. The van der Waals surface area contributed by atoms with Crippen molar-refractivity contribution in [2.75, 3.05) is 20.5 Å². The van der Waals surface area contributed by atoms with Crippen LogP contribution in [0.25, 0.3) is 10.8 Å². The van der Waals surface area contributed by atoms with Crippen molar-refractivity contribution >= 4 is 28.6 Å². The van der Waals surface area contributed by atoms with Crippen molar-refractivity contribution in [3.63, 3.8) is 0 Å². The van der Waals surface area contributed by atoms with Gasteiger partial charge in [0, 0.05) is 30.6 Å². The number of hydrogen-bond donors (Lipinski definition) is 0. The van der Waals surface area contributed by atoms with Gasteiger partial charge in [-0.3, -0.25) is 9.59 Å². The Balaban J connectivity index is 1.79. The van der Waals surface area contributed by atoms with Crippen LogP contribution < -0.4 is 9.47 Å². The van der Waals surface area contributed by atoms with Crippen LogP contribution in [-0.4, -0.2) is 60.3 Å². The number of pyridine rings is 1. The lowest BCUT2D eigenvalue weighted by Gasteiger charge is -2.39. The lowest BCUT2D eigenvalue weighted by Crippen LogP contribution is -2.53. The average Bonchev–Trinajstić information content (AvgIpc) is 3.74. The maximum atomic E-state index is 14.3. The molecular formula is C30H34N2O7. The molecule has 0 saturated heterocycles. The van der Waals surface area contributed by atoms with Crippen molar-refractivity contribution in [2.45, 2.75) is 58.0 Å². The molecule has 1 saturated carbocycles. The smallest absolute Gasteiger partial charge is 0.328 e. The van der Waals surface area contributed by atoms with E-state index < -0.39 is 36.7 Å². The molecule has 0 radical (unpaired) electrons. The molecule has 39 heavy (non-hydrogen) atoms. The molecule has 2 aromatic carbocycles. The predicted octanol–water partition coefficient (Wildman–Crippen LogP) is 4.66. The standard InChI is InChI=1S/C30H34N2O7/c1-6-37-29(35)19(2)32(28(34)26-27(39-18-38-21(4)33)25(36-5)14-17-31-26)20(3)30(15-16-30)24-13-9-11-22-10-7-8-12-23(22)24/h7-14,17,19-20H,6,15-16,18H2,1-5H3/t19-,20-/m0/s1. The second kappa shape index (κ2) is 11.7. The number of nitrogens with zero attached hydrogens (tertiary/aromatic N) is 2. The number of carbonyl (C=O) groups is 3. The molecule has 2 atom stereocenters. The number of amides is 1. The van der Waals surface area contributed by atoms with Crippen LogP contribution in [0.3, 0.4) is 0 Å². The van der Waals surface area contributed by atoms with Gasteiger partial charge in [-0.1, -0.05) is 42.5 Å². The Kier molecular flexibility index (Phi) is 8.38. The van der Waals surface area contributed by atoms with Gasteiger partial charge in [-0.25, -0.2) is 9.78 Å². The largest absolute Gasteiger partial charge is 0.493 e. The van der Waals surface area contributed by atoms with Gasteiger partial charge in [0.25, 0.3) is 5.91 Å². The van der Waals surface area contributed by atoms with E-state index in [1.807, 2.05) is 25.1 Å². The van der Waals surface area contributed by atoms with E-state index in [0.717, 1.165) is 29.2 Å². The Labute approximate surface area is 228 Å². The van der Waals surface area contributed by atoms with Crippen LogP contribution in [0.2, 0.25) is 0 Å². The molecule has 206 valence electrons. The third-order valence-corrected chi connectivity index (χ3v) is 7.37. The lowest BCUT2D eigenvalue weighted by molar-refractivity contribution is -0.149. The lowest BCUT2D eigenvalue weighted by atomic mass is 9.84. The van der Waals surface area contributed by atoms with E-state index in [9.17, 15) is 14.4 Å². The SMILES string of the molecule is CCOC(=O)[C@H](C)N(C(=O)c1nccc(OC)c1OCOC(C)=O)[C@@H](C)C1(c2cccc3ccccc23)CC1. The van der Waals surface area contributed by atoms with Gasteiger partial charge in [0.2, 0.25) is 6.79 Å². The zero-order chi connectivity index (χ0) is 28.2. The molecule has 9 heteroatoms. The molecular weight excluding hydrogens is 500 g/mol. The van der Waals surface area contributed by atoms with Gasteiger partial charge in [-0.05, 0) is 49.9 Å². The van der Waals surface area contributed by atoms with Gasteiger partial charge in [0.15, 0.2) is 17.2 Å². The van der Waals surface area contributed by atoms with E-state index in [4.69, 9.17) is 18.9 Å². The molecule has 1 aliphatic carbocycles. The highest BCUT2D eigenvalue weighted by atomic mass is 16.7. The fourth-order valence-electron chi connectivity index (χ4n) is 5.21. The third kappa shape index (κ3) is 5.53. The van der Waals surface area contributed by atoms with Gasteiger partial charge in [-0.2, -0.15) is 0 Å². The molecule has 1 heterocycles. The monoisotopic (exact) mass is 534 g/mol. The van der Waals surface area contributed by atoms with Crippen molar-refractivity contribution in [3.8, 4) is 11.5 Å². The molecule has 1 aliphatic rings. The second-order valence-electron chi connectivity index (χ2n) is 9.59. The van der Waals surface area contributed by atoms with Crippen molar-refractivity contribution < 1.29 is 33.3 Å². The van der Waals surface area contributed by atoms with Crippen molar-refractivity contribution in [3.05, 3.63) is 66.0 Å². The van der Waals surface area contributed by atoms with Gasteiger partial charge in [-0.15, -0.1) is 0 Å². The highest BCUT2D eigenvalue weighted by Gasteiger charge is 2.54. The van der Waals surface area contributed by atoms with Crippen LogP contribution in [0, 0.1) is 0 Å². The summed E-state index contributed by atoms with van der Waals surface area (Å²) in [6, 6.07) is 14.6. The van der Waals surface area contributed by atoms with Gasteiger partial charge >= 0.3 is 11.9 Å². The van der Waals surface area contributed by atoms with Gasteiger partial charge in [0.1, 0.15) is 6.04 Å². The normalized spacial score (nSPS) is 15.1. The Bertz CT molecular complexity index is 1360. The summed E-state index contributed by atoms with van der Waals surface area (Å²) < 4.78 is 21.3. The Morgan fingerprint density at radius 2 is 1.74 bits per heavy atom. The number of methoxy groups -OCH3 is 1. The summed E-state index contributed by atoms with van der Waals surface area (Å²) in [5, 5.41) is 2.23. The van der Waals surface area contributed by atoms with Crippen LogP contribution in [0.15, 0.2) is 54.7 Å². The number of esters is 2. The van der Waals surface area contributed by atoms with Crippen LogP contribution in [0.5, 0.6) is 11.5 Å². The van der Waals surface area contributed by atoms with E-state index in [1.165, 1.54) is 25.1 Å². The van der Waals surface area contributed by atoms with Gasteiger partial charge in [0.05, 0.1) is 13.7 Å². The van der Waals surface area contributed by atoms with Crippen LogP contribution in [0.4, 0.5) is 0 Å². The Hall–Kier alpha value is -4.14. The summed E-state index contributed by atoms with van der Waals surface area (Å²) in [4.78, 5) is 44.5. The first kappa shape index (κ1) is 27.9. The summed E-state index contributed by atoms with van der Waals surface area (Å²) in [6.07, 6.45) is 3.13. The summed E-state index contributed by atoms with van der Waals surface area (Å²) in [5.41, 5.74) is 0.708. The first-order valence-corrected chi connectivity index (χ1v) is 13.0. The summed E-state index contributed by atoms with van der Waals surface area (Å²) in [6.45, 7) is 6.35. The molecule has 3 aromatic rings. The minimum Gasteiger partial charge on any atom is -0.493 e. The highest BCUT2D eigenvalue weighted by Crippen LogP contribution is 2.55. The van der Waals surface area contributed by atoms with Crippen molar-refractivity contribution in [2.24, 2.45) is 0 Å². The fraction of sp³-hybridized carbons (Fsp3) is 0.400. The molecule has 4 rings (SSSR count). The molecule has 0 spiro atoms. The quantitative estimate of drug-likeness (QED) is 0.259. The number of aromatic nitrogens is 1. The van der Waals surface area contributed by atoms with E-state index in [-0.39, 0.29) is 29.2 Å². The molecule has 9 nitrogen and oxygen atoms in total. The molecule has 1 aromatic heterocycles. The summed E-state index contributed by atoms with van der Waals surface area (Å²) in [5.74, 6) is -1.31. The zero-order valence-electron chi connectivity index (χ0n) is 22.9. The summed E-state index contributed by atoms with van der Waals surface area (Å²) >= 11 is 0. The highest BCUT2D eigenvalue weighted by molar-refractivity contribution is 5.98. The number of carbonyl (C=O) groups excluding carboxylic acids is 3. The molecule has 0 bridgehead atoms. The van der Waals surface area contributed by atoms with E-state index >= 15 is 0 Å². The Morgan fingerprint density at radius 1 is 1.03 bits per heavy atom. The first-order chi connectivity index (χ1) is 18.7. The molecule has 0 unspecified atom stereocenters. The minimum atomic E-state index is -0.908. The average molecular weight is 535 g/mol. The zero-order valence-corrected chi connectivity index (χ0v) is 22.9. The van der Waals surface area contributed by atoms with Gasteiger partial charge < -0.3 is 23.8 Å². The summed E-state index contributed by atoms with van der Waals surface area (Å²) in [7, 11) is 1.43. The number of hydrogen-bond acceptors (Lipinski definition) is 8. The van der Waals surface area contributed by atoms with Crippen LogP contribution in [-0.2, 0) is 24.5 Å². The fourth-order valence-corrected chi connectivity index (χ4v) is 5.21.